The maximum Gasteiger partial charge on any atom is 0.202 e. The normalized spacial score (nSPS) is 30.4. The van der Waals surface area contributed by atoms with Crippen molar-refractivity contribution in [2.24, 2.45) is 11.8 Å². The number of hydrogen-bond acceptors (Lipinski definition) is 3. The van der Waals surface area contributed by atoms with Crippen LogP contribution in [0.15, 0.2) is 24.3 Å². The second-order valence-corrected chi connectivity index (χ2v) is 8.97. The molecule has 27 heavy (non-hydrogen) atoms. The SMILES string of the molecule is CCC(C)c1ccc(OC(OCC2CC3CCC2O3)C2CCCCC2)cc1. The molecule has 0 spiro atoms. The minimum Gasteiger partial charge on any atom is -0.465 e. The molecular formula is C24H36O3. The summed E-state index contributed by atoms with van der Waals surface area (Å²) in [6.07, 6.45) is 12.0. The quantitative estimate of drug-likeness (QED) is 0.518. The lowest BCUT2D eigenvalue weighted by Crippen LogP contribution is -2.34. The molecule has 5 atom stereocenters. The predicted molar refractivity (Wildman–Crippen MR) is 108 cm³/mol. The fraction of sp³-hybridized carbons (Fsp3) is 0.750. The molecule has 2 heterocycles. The van der Waals surface area contributed by atoms with E-state index in [1.54, 1.807) is 0 Å². The van der Waals surface area contributed by atoms with Gasteiger partial charge in [-0.15, -0.1) is 0 Å². The fourth-order valence-corrected chi connectivity index (χ4v) is 5.05. The average Bonchev–Trinajstić information content (AvgIpc) is 3.35. The van der Waals surface area contributed by atoms with Crippen LogP contribution >= 0.6 is 0 Å². The van der Waals surface area contributed by atoms with E-state index in [4.69, 9.17) is 14.2 Å². The molecule has 150 valence electrons. The third kappa shape index (κ3) is 4.68. The van der Waals surface area contributed by atoms with Crippen LogP contribution in [0.5, 0.6) is 5.75 Å². The smallest absolute Gasteiger partial charge is 0.202 e. The van der Waals surface area contributed by atoms with Crippen molar-refractivity contribution in [3.05, 3.63) is 29.8 Å². The summed E-state index contributed by atoms with van der Waals surface area (Å²) in [6, 6.07) is 8.68. The highest BCUT2D eigenvalue weighted by molar-refractivity contribution is 5.29. The second-order valence-electron chi connectivity index (χ2n) is 8.97. The molecule has 1 aromatic rings. The first-order chi connectivity index (χ1) is 13.2. The summed E-state index contributed by atoms with van der Waals surface area (Å²) >= 11 is 0. The Labute approximate surface area is 164 Å². The van der Waals surface area contributed by atoms with Gasteiger partial charge in [0.25, 0.3) is 0 Å². The van der Waals surface area contributed by atoms with E-state index in [1.165, 1.54) is 63.4 Å². The molecule has 0 aromatic heterocycles. The molecule has 4 rings (SSSR count). The van der Waals surface area contributed by atoms with E-state index in [0.717, 1.165) is 12.4 Å². The van der Waals surface area contributed by atoms with Gasteiger partial charge in [-0.1, -0.05) is 45.2 Å². The van der Waals surface area contributed by atoms with Crippen LogP contribution in [0, 0.1) is 11.8 Å². The molecule has 2 bridgehead atoms. The Hall–Kier alpha value is -1.06. The van der Waals surface area contributed by atoms with Crippen molar-refractivity contribution in [1.29, 1.82) is 0 Å². The summed E-state index contributed by atoms with van der Waals surface area (Å²) in [5, 5.41) is 0. The first kappa shape index (κ1) is 19.3. The van der Waals surface area contributed by atoms with Crippen LogP contribution in [-0.4, -0.2) is 25.1 Å². The third-order valence-corrected chi connectivity index (χ3v) is 7.05. The Bertz CT molecular complexity index is 578. The van der Waals surface area contributed by atoms with Crippen molar-refractivity contribution in [3.8, 4) is 5.75 Å². The van der Waals surface area contributed by atoms with Gasteiger partial charge < -0.3 is 14.2 Å². The molecule has 3 nitrogen and oxygen atoms in total. The minimum atomic E-state index is -0.112. The topological polar surface area (TPSA) is 27.7 Å². The first-order valence-electron chi connectivity index (χ1n) is 11.3. The highest BCUT2D eigenvalue weighted by atomic mass is 16.7. The predicted octanol–water partition coefficient (Wildman–Crippen LogP) is 6.07. The molecule has 1 aromatic carbocycles. The van der Waals surface area contributed by atoms with E-state index in [-0.39, 0.29) is 6.29 Å². The molecule has 0 N–H and O–H groups in total. The number of benzene rings is 1. The van der Waals surface area contributed by atoms with Gasteiger partial charge in [0.2, 0.25) is 6.29 Å². The average molecular weight is 373 g/mol. The van der Waals surface area contributed by atoms with Crippen molar-refractivity contribution in [2.45, 2.75) is 96.1 Å². The summed E-state index contributed by atoms with van der Waals surface area (Å²) in [7, 11) is 0. The van der Waals surface area contributed by atoms with Gasteiger partial charge in [0.05, 0.1) is 18.8 Å². The summed E-state index contributed by atoms with van der Waals surface area (Å²) in [4.78, 5) is 0. The van der Waals surface area contributed by atoms with Gasteiger partial charge in [0.1, 0.15) is 5.75 Å². The van der Waals surface area contributed by atoms with E-state index in [0.29, 0.717) is 30.0 Å². The van der Waals surface area contributed by atoms with E-state index >= 15 is 0 Å². The maximum absolute atomic E-state index is 6.42. The van der Waals surface area contributed by atoms with Gasteiger partial charge >= 0.3 is 0 Å². The molecule has 0 radical (unpaired) electrons. The Kier molecular flexibility index (Phi) is 6.39. The van der Waals surface area contributed by atoms with Gasteiger partial charge in [-0.05, 0) is 62.1 Å². The molecule has 2 saturated heterocycles. The van der Waals surface area contributed by atoms with Crippen LogP contribution in [0.4, 0.5) is 0 Å². The van der Waals surface area contributed by atoms with Gasteiger partial charge in [0, 0.05) is 11.8 Å². The first-order valence-corrected chi connectivity index (χ1v) is 11.3. The standard InChI is InChI=1S/C24H36O3/c1-3-17(2)18-9-11-21(12-10-18)27-24(19-7-5-4-6-8-19)25-16-20-15-22-13-14-23(20)26-22/h9-12,17,19-20,22-24H,3-8,13-16H2,1-2H3. The van der Waals surface area contributed by atoms with Crippen LogP contribution in [-0.2, 0) is 9.47 Å². The minimum absolute atomic E-state index is 0.112. The molecule has 5 unspecified atom stereocenters. The molecule has 0 amide bonds. The van der Waals surface area contributed by atoms with Gasteiger partial charge in [0.15, 0.2) is 0 Å². The zero-order valence-electron chi connectivity index (χ0n) is 17.1. The van der Waals surface area contributed by atoms with Crippen LogP contribution in [0.3, 0.4) is 0 Å². The van der Waals surface area contributed by atoms with Crippen molar-refractivity contribution in [1.82, 2.24) is 0 Å². The molecular weight excluding hydrogens is 336 g/mol. The van der Waals surface area contributed by atoms with E-state index in [2.05, 4.69) is 38.1 Å². The highest BCUT2D eigenvalue weighted by Gasteiger charge is 2.41. The lowest BCUT2D eigenvalue weighted by molar-refractivity contribution is -0.135. The fourth-order valence-electron chi connectivity index (χ4n) is 5.05. The summed E-state index contributed by atoms with van der Waals surface area (Å²) in [6.45, 7) is 5.30. The van der Waals surface area contributed by atoms with Crippen molar-refractivity contribution >= 4 is 0 Å². The van der Waals surface area contributed by atoms with E-state index in [9.17, 15) is 0 Å². The molecule has 3 heteroatoms. The van der Waals surface area contributed by atoms with Gasteiger partial charge in [-0.3, -0.25) is 0 Å². The largest absolute Gasteiger partial charge is 0.465 e. The van der Waals surface area contributed by atoms with Crippen LogP contribution in [0.25, 0.3) is 0 Å². The second kappa shape index (κ2) is 8.96. The Morgan fingerprint density at radius 1 is 1.04 bits per heavy atom. The molecule has 3 aliphatic rings. The molecule has 1 aliphatic carbocycles. The number of hydrogen-bond donors (Lipinski definition) is 0. The summed E-state index contributed by atoms with van der Waals surface area (Å²) < 4.78 is 18.8. The van der Waals surface area contributed by atoms with E-state index in [1.807, 2.05) is 0 Å². The van der Waals surface area contributed by atoms with Crippen LogP contribution in [0.2, 0.25) is 0 Å². The van der Waals surface area contributed by atoms with Crippen molar-refractivity contribution < 1.29 is 14.2 Å². The maximum atomic E-state index is 6.42. The van der Waals surface area contributed by atoms with Crippen LogP contribution < -0.4 is 4.74 Å². The Balaban J connectivity index is 1.38. The summed E-state index contributed by atoms with van der Waals surface area (Å²) in [5.74, 6) is 2.63. The van der Waals surface area contributed by atoms with Gasteiger partial charge in [-0.2, -0.15) is 0 Å². The lowest BCUT2D eigenvalue weighted by Gasteiger charge is -2.32. The van der Waals surface area contributed by atoms with Crippen molar-refractivity contribution in [2.75, 3.05) is 6.61 Å². The number of ether oxygens (including phenoxy) is 3. The molecule has 1 saturated carbocycles. The molecule has 3 fully saturated rings. The van der Waals surface area contributed by atoms with Crippen LogP contribution in [0.1, 0.15) is 83.1 Å². The summed E-state index contributed by atoms with van der Waals surface area (Å²) in [5.41, 5.74) is 1.39. The molecule has 2 aliphatic heterocycles. The zero-order valence-corrected chi connectivity index (χ0v) is 17.1. The Morgan fingerprint density at radius 2 is 1.81 bits per heavy atom. The lowest BCUT2D eigenvalue weighted by atomic mass is 9.88. The van der Waals surface area contributed by atoms with E-state index < -0.39 is 0 Å². The highest BCUT2D eigenvalue weighted by Crippen LogP contribution is 2.39. The monoisotopic (exact) mass is 372 g/mol. The van der Waals surface area contributed by atoms with Crippen molar-refractivity contribution in [3.63, 3.8) is 0 Å². The Morgan fingerprint density at radius 3 is 2.44 bits per heavy atom. The number of fused-ring (bicyclic) bond motifs is 2. The zero-order chi connectivity index (χ0) is 18.6. The third-order valence-electron chi connectivity index (χ3n) is 7.05. The number of rotatable bonds is 8. The van der Waals surface area contributed by atoms with Gasteiger partial charge in [-0.25, -0.2) is 0 Å².